The van der Waals surface area contributed by atoms with E-state index < -0.39 is 15.8 Å². The summed E-state index contributed by atoms with van der Waals surface area (Å²) in [5.74, 6) is -0.776. The molecule has 2 aromatic rings. The first-order chi connectivity index (χ1) is 13.3. The molecule has 9 heteroatoms. The van der Waals surface area contributed by atoms with Crippen LogP contribution < -0.4 is 10.1 Å². The number of nitrogens with one attached hydrogen (secondary N) is 1. The first-order valence-corrected chi connectivity index (χ1v) is 10.9. The highest BCUT2D eigenvalue weighted by Gasteiger charge is 2.29. The van der Waals surface area contributed by atoms with Crippen molar-refractivity contribution >= 4 is 27.4 Å². The number of carbonyl (C=O) groups excluding carboxylic acids is 2. The minimum absolute atomic E-state index is 0.168. The first-order valence-electron chi connectivity index (χ1n) is 9.16. The van der Waals surface area contributed by atoms with Crippen LogP contribution in [0.25, 0.3) is 0 Å². The molecule has 1 fully saturated rings. The molecule has 28 heavy (non-hydrogen) atoms. The molecule has 1 aliphatic carbocycles. The number of hydrogen-bond donors (Lipinski definition) is 1. The highest BCUT2D eigenvalue weighted by atomic mass is 32.2. The van der Waals surface area contributed by atoms with Crippen molar-refractivity contribution < 1.29 is 22.7 Å². The lowest BCUT2D eigenvalue weighted by Crippen LogP contribution is -2.23. The maximum absolute atomic E-state index is 12.2. The lowest BCUT2D eigenvalue weighted by atomic mass is 10.2. The van der Waals surface area contributed by atoms with Crippen molar-refractivity contribution in [2.24, 2.45) is 7.05 Å². The van der Waals surface area contributed by atoms with E-state index in [1.54, 1.807) is 37.5 Å². The van der Waals surface area contributed by atoms with E-state index in [0.717, 1.165) is 12.8 Å². The molecule has 0 bridgehead atoms. The number of sulfone groups is 1. The average molecular weight is 405 g/mol. The summed E-state index contributed by atoms with van der Waals surface area (Å²) in [7, 11) is -1.53. The lowest BCUT2D eigenvalue weighted by Gasteiger charge is -2.11. The quantitative estimate of drug-likeness (QED) is 0.560. The third-order valence-electron chi connectivity index (χ3n) is 4.71. The number of rotatable bonds is 7. The van der Waals surface area contributed by atoms with Gasteiger partial charge in [0, 0.05) is 18.9 Å². The summed E-state index contributed by atoms with van der Waals surface area (Å²) in [4.78, 5) is 24.0. The summed E-state index contributed by atoms with van der Waals surface area (Å²) >= 11 is 0. The normalized spacial score (nSPS) is 14.8. The summed E-state index contributed by atoms with van der Waals surface area (Å²) in [5.41, 5.74) is 0.971. The maximum Gasteiger partial charge on any atom is 0.312 e. The van der Waals surface area contributed by atoms with E-state index in [1.165, 1.54) is 10.9 Å². The lowest BCUT2D eigenvalue weighted by molar-refractivity contribution is -0.133. The Bertz CT molecular complexity index is 944. The van der Waals surface area contributed by atoms with Gasteiger partial charge < -0.3 is 10.1 Å². The Hall–Kier alpha value is -2.68. The van der Waals surface area contributed by atoms with E-state index in [4.69, 9.17) is 4.74 Å². The van der Waals surface area contributed by atoms with Gasteiger partial charge in [-0.25, -0.2) is 8.42 Å². The smallest absolute Gasteiger partial charge is 0.312 e. The molecule has 1 aliphatic rings. The Morgan fingerprint density at radius 3 is 2.50 bits per heavy atom. The van der Waals surface area contributed by atoms with Gasteiger partial charge in [0.25, 0.3) is 5.91 Å². The van der Waals surface area contributed by atoms with Gasteiger partial charge in [-0.2, -0.15) is 5.10 Å². The van der Waals surface area contributed by atoms with Crippen molar-refractivity contribution in [3.05, 3.63) is 42.2 Å². The molecular formula is C19H23N3O5S. The van der Waals surface area contributed by atoms with Gasteiger partial charge in [-0.3, -0.25) is 14.3 Å². The fraction of sp³-hybridized carbons (Fsp3) is 0.421. The highest BCUT2D eigenvalue weighted by Crippen LogP contribution is 2.25. The van der Waals surface area contributed by atoms with Crippen LogP contribution in [0.2, 0.25) is 0 Å². The number of hydrogen-bond acceptors (Lipinski definition) is 6. The van der Waals surface area contributed by atoms with Crippen LogP contribution in [0.5, 0.6) is 5.75 Å². The molecule has 150 valence electrons. The molecule has 1 heterocycles. The zero-order valence-corrected chi connectivity index (χ0v) is 16.4. The molecule has 8 nitrogen and oxygen atoms in total. The van der Waals surface area contributed by atoms with Gasteiger partial charge in [0.1, 0.15) is 5.75 Å². The molecule has 3 rings (SSSR count). The van der Waals surface area contributed by atoms with Crippen molar-refractivity contribution in [2.75, 3.05) is 11.1 Å². The first kappa shape index (κ1) is 20.1. The van der Waals surface area contributed by atoms with Crippen molar-refractivity contribution in [1.29, 1.82) is 0 Å². The van der Waals surface area contributed by atoms with E-state index in [1.807, 2.05) is 0 Å². The van der Waals surface area contributed by atoms with Crippen LogP contribution in [0.15, 0.2) is 36.7 Å². The second-order valence-corrected chi connectivity index (χ2v) is 9.28. The molecule has 0 unspecified atom stereocenters. The Morgan fingerprint density at radius 1 is 1.21 bits per heavy atom. The largest absolute Gasteiger partial charge is 0.427 e. The fourth-order valence-electron chi connectivity index (χ4n) is 3.17. The van der Waals surface area contributed by atoms with Crippen LogP contribution in [-0.4, -0.2) is 41.1 Å². The molecule has 1 amide bonds. The number of aryl methyl sites for hydroxylation is 1. The number of benzene rings is 1. The van der Waals surface area contributed by atoms with Crippen molar-refractivity contribution in [2.45, 2.75) is 37.4 Å². The van der Waals surface area contributed by atoms with Gasteiger partial charge >= 0.3 is 5.97 Å². The van der Waals surface area contributed by atoms with E-state index in [2.05, 4.69) is 10.4 Å². The predicted molar refractivity (Wildman–Crippen MR) is 104 cm³/mol. The van der Waals surface area contributed by atoms with Crippen LogP contribution >= 0.6 is 0 Å². The Kier molecular flexibility index (Phi) is 6.13. The number of aromatic nitrogens is 2. The number of esters is 1. The van der Waals surface area contributed by atoms with Gasteiger partial charge in [0.15, 0.2) is 9.84 Å². The van der Waals surface area contributed by atoms with Gasteiger partial charge in [0.2, 0.25) is 0 Å². The summed E-state index contributed by atoms with van der Waals surface area (Å²) in [6.07, 6.45) is 6.12. The van der Waals surface area contributed by atoms with Crippen LogP contribution in [0.1, 0.15) is 42.5 Å². The van der Waals surface area contributed by atoms with E-state index in [9.17, 15) is 18.0 Å². The highest BCUT2D eigenvalue weighted by molar-refractivity contribution is 7.92. The van der Waals surface area contributed by atoms with Crippen molar-refractivity contribution in [3.8, 4) is 5.75 Å². The summed E-state index contributed by atoms with van der Waals surface area (Å²) < 4.78 is 31.1. The van der Waals surface area contributed by atoms with Crippen molar-refractivity contribution in [1.82, 2.24) is 9.78 Å². The molecule has 1 aromatic carbocycles. The zero-order chi connectivity index (χ0) is 20.1. The molecule has 1 saturated carbocycles. The molecule has 0 radical (unpaired) electrons. The fourth-order valence-corrected chi connectivity index (χ4v) is 5.01. The number of carbonyl (C=O) groups is 2. The van der Waals surface area contributed by atoms with Gasteiger partial charge in [0.05, 0.1) is 29.2 Å². The number of anilines is 1. The molecule has 1 aromatic heterocycles. The standard InChI is InChI=1S/C19H23N3O5S/c1-22-13-14(12-20-22)19(24)21-15-6-8-16(9-7-15)27-18(23)10-11-28(25,26)17-4-2-3-5-17/h6-9,12-13,17H,2-5,10-11H2,1H3,(H,21,24). The van der Waals surface area contributed by atoms with E-state index >= 15 is 0 Å². The SMILES string of the molecule is Cn1cc(C(=O)Nc2ccc(OC(=O)CCS(=O)(=O)C3CCCC3)cc2)cn1. The van der Waals surface area contributed by atoms with Gasteiger partial charge in [-0.05, 0) is 37.1 Å². The van der Waals surface area contributed by atoms with Crippen LogP contribution in [-0.2, 0) is 21.7 Å². The third-order valence-corrected chi connectivity index (χ3v) is 6.97. The van der Waals surface area contributed by atoms with Crippen molar-refractivity contribution in [3.63, 3.8) is 0 Å². The molecule has 0 saturated heterocycles. The van der Waals surface area contributed by atoms with Crippen LogP contribution in [0.3, 0.4) is 0 Å². The zero-order valence-electron chi connectivity index (χ0n) is 15.6. The van der Waals surface area contributed by atoms with Gasteiger partial charge in [-0.15, -0.1) is 0 Å². The average Bonchev–Trinajstić information content (AvgIpc) is 3.34. The predicted octanol–water partition coefficient (Wildman–Crippen LogP) is 2.33. The topological polar surface area (TPSA) is 107 Å². The summed E-state index contributed by atoms with van der Waals surface area (Å²) in [5, 5.41) is 6.34. The number of nitrogens with zero attached hydrogens (tertiary/aromatic N) is 2. The minimum atomic E-state index is -3.25. The second-order valence-electron chi connectivity index (χ2n) is 6.88. The number of amides is 1. The second kappa shape index (κ2) is 8.55. The van der Waals surface area contributed by atoms with E-state index in [-0.39, 0.29) is 23.3 Å². The summed E-state index contributed by atoms with van der Waals surface area (Å²) in [6.45, 7) is 0. The Balaban J connectivity index is 1.49. The van der Waals surface area contributed by atoms with Crippen LogP contribution in [0, 0.1) is 0 Å². The van der Waals surface area contributed by atoms with Gasteiger partial charge in [-0.1, -0.05) is 12.8 Å². The molecule has 0 spiro atoms. The van der Waals surface area contributed by atoms with E-state index in [0.29, 0.717) is 29.8 Å². The van der Waals surface area contributed by atoms with Crippen LogP contribution in [0.4, 0.5) is 5.69 Å². The molecule has 0 aliphatic heterocycles. The Morgan fingerprint density at radius 2 is 1.89 bits per heavy atom. The maximum atomic E-state index is 12.2. The molecule has 0 atom stereocenters. The number of ether oxygens (including phenoxy) is 1. The minimum Gasteiger partial charge on any atom is -0.427 e. The molecule has 1 N–H and O–H groups in total. The monoisotopic (exact) mass is 405 g/mol. The third kappa shape index (κ3) is 5.19. The summed E-state index contributed by atoms with van der Waals surface area (Å²) in [6, 6.07) is 6.29. The molecular weight excluding hydrogens is 382 g/mol. The Labute approximate surface area is 163 Å².